The molecular weight excluding hydrogens is 236 g/mol. The number of nitrogens with zero attached hydrogens (tertiary/aromatic N) is 2. The zero-order chi connectivity index (χ0) is 13.5. The highest BCUT2D eigenvalue weighted by molar-refractivity contribution is 5.21. The lowest BCUT2D eigenvalue weighted by atomic mass is 10.1. The molecule has 1 aliphatic rings. The van der Waals surface area contributed by atoms with Gasteiger partial charge in [-0.3, -0.25) is 4.90 Å². The van der Waals surface area contributed by atoms with Gasteiger partial charge in [0.25, 0.3) is 0 Å². The lowest BCUT2D eigenvalue weighted by Gasteiger charge is -2.21. The van der Waals surface area contributed by atoms with Crippen LogP contribution in [0, 0.1) is 6.92 Å². The van der Waals surface area contributed by atoms with E-state index in [0.717, 1.165) is 32.6 Å². The molecule has 1 N–H and O–H groups in total. The molecule has 1 fully saturated rings. The summed E-state index contributed by atoms with van der Waals surface area (Å²) >= 11 is 0. The zero-order valence-corrected chi connectivity index (χ0v) is 12.0. The minimum absolute atomic E-state index is 0.309. The maximum absolute atomic E-state index is 8.90. The van der Waals surface area contributed by atoms with Gasteiger partial charge >= 0.3 is 0 Å². The highest BCUT2D eigenvalue weighted by atomic mass is 16.3. The molecule has 0 radical (unpaired) electrons. The van der Waals surface area contributed by atoms with Crippen LogP contribution in [0.15, 0.2) is 24.3 Å². The Morgan fingerprint density at radius 2 is 1.68 bits per heavy atom. The van der Waals surface area contributed by atoms with Gasteiger partial charge in [0.05, 0.1) is 0 Å². The first-order chi connectivity index (χ1) is 9.28. The lowest BCUT2D eigenvalue weighted by Crippen LogP contribution is -2.31. The molecule has 0 bridgehead atoms. The van der Waals surface area contributed by atoms with E-state index in [9.17, 15) is 0 Å². The van der Waals surface area contributed by atoms with Crippen LogP contribution >= 0.6 is 0 Å². The zero-order valence-electron chi connectivity index (χ0n) is 12.0. The van der Waals surface area contributed by atoms with Crippen LogP contribution in [-0.4, -0.2) is 54.2 Å². The molecule has 1 saturated heterocycles. The van der Waals surface area contributed by atoms with E-state index in [-0.39, 0.29) is 0 Å². The van der Waals surface area contributed by atoms with Gasteiger partial charge in [0.1, 0.15) is 0 Å². The summed E-state index contributed by atoms with van der Waals surface area (Å²) in [5, 5.41) is 8.90. The molecule has 0 aliphatic carbocycles. The van der Waals surface area contributed by atoms with E-state index in [2.05, 4.69) is 41.0 Å². The largest absolute Gasteiger partial charge is 0.396 e. The molecule has 3 nitrogen and oxygen atoms in total. The number of aryl methyl sites for hydroxylation is 1. The maximum atomic E-state index is 8.90. The summed E-state index contributed by atoms with van der Waals surface area (Å²) in [5.74, 6) is 0. The molecule has 0 saturated carbocycles. The Bertz CT molecular complexity index is 364. The summed E-state index contributed by atoms with van der Waals surface area (Å²) in [6, 6.07) is 8.87. The van der Waals surface area contributed by atoms with Gasteiger partial charge in [-0.15, -0.1) is 0 Å². The van der Waals surface area contributed by atoms with Gasteiger partial charge in [0.15, 0.2) is 0 Å². The number of rotatable bonds is 5. The van der Waals surface area contributed by atoms with Gasteiger partial charge in [-0.2, -0.15) is 0 Å². The number of hydrogen-bond acceptors (Lipinski definition) is 3. The first-order valence-corrected chi connectivity index (χ1v) is 7.39. The summed E-state index contributed by atoms with van der Waals surface area (Å²) in [5.41, 5.74) is 2.74. The smallest absolute Gasteiger partial charge is 0.0443 e. The van der Waals surface area contributed by atoms with E-state index in [1.807, 2.05) is 0 Å². The third kappa shape index (κ3) is 4.94. The van der Waals surface area contributed by atoms with Crippen LogP contribution in [0.5, 0.6) is 0 Å². The fraction of sp³-hybridized carbons (Fsp3) is 0.625. The highest BCUT2D eigenvalue weighted by Crippen LogP contribution is 2.10. The Balaban J connectivity index is 1.80. The molecule has 0 aromatic heterocycles. The lowest BCUT2D eigenvalue weighted by molar-refractivity contribution is 0.221. The quantitative estimate of drug-likeness (QED) is 0.878. The van der Waals surface area contributed by atoms with Crippen LogP contribution in [0.1, 0.15) is 24.0 Å². The number of aliphatic hydroxyl groups is 1. The second kappa shape index (κ2) is 7.63. The average molecular weight is 262 g/mol. The van der Waals surface area contributed by atoms with Gasteiger partial charge in [-0.1, -0.05) is 29.8 Å². The molecule has 2 rings (SSSR count). The van der Waals surface area contributed by atoms with Crippen molar-refractivity contribution in [3.05, 3.63) is 35.4 Å². The van der Waals surface area contributed by atoms with E-state index in [4.69, 9.17) is 5.11 Å². The Kier molecular flexibility index (Phi) is 5.83. The first kappa shape index (κ1) is 14.5. The van der Waals surface area contributed by atoms with E-state index >= 15 is 0 Å². The number of hydrogen-bond donors (Lipinski definition) is 1. The molecule has 1 heterocycles. The van der Waals surface area contributed by atoms with Crippen molar-refractivity contribution >= 4 is 0 Å². The van der Waals surface area contributed by atoms with E-state index < -0.39 is 0 Å². The molecule has 0 unspecified atom stereocenters. The molecule has 19 heavy (non-hydrogen) atoms. The van der Waals surface area contributed by atoms with E-state index in [0.29, 0.717) is 6.61 Å². The molecule has 0 spiro atoms. The summed E-state index contributed by atoms with van der Waals surface area (Å²) in [6.45, 7) is 9.17. The van der Waals surface area contributed by atoms with Crippen molar-refractivity contribution in [1.82, 2.24) is 9.80 Å². The van der Waals surface area contributed by atoms with Crippen molar-refractivity contribution in [2.45, 2.75) is 26.3 Å². The van der Waals surface area contributed by atoms with Gasteiger partial charge in [0, 0.05) is 32.8 Å². The third-order valence-electron chi connectivity index (χ3n) is 3.84. The topological polar surface area (TPSA) is 26.7 Å². The summed E-state index contributed by atoms with van der Waals surface area (Å²) in [6.07, 6.45) is 2.13. The Hall–Kier alpha value is -0.900. The summed E-state index contributed by atoms with van der Waals surface area (Å²) < 4.78 is 0. The summed E-state index contributed by atoms with van der Waals surface area (Å²) in [4.78, 5) is 5.02. The monoisotopic (exact) mass is 262 g/mol. The fourth-order valence-corrected chi connectivity index (χ4v) is 2.65. The van der Waals surface area contributed by atoms with Gasteiger partial charge in [-0.05, 0) is 38.4 Å². The Labute approximate surface area is 116 Å². The average Bonchev–Trinajstić information content (AvgIpc) is 2.64. The third-order valence-corrected chi connectivity index (χ3v) is 3.84. The standard InChI is InChI=1S/C16H26N2O/c1-15-4-6-16(7-5-15)14-18-9-2-8-17(11-12-18)10-3-13-19/h4-7,19H,2-3,8-14H2,1H3. The molecular formula is C16H26N2O. The van der Waals surface area contributed by atoms with Crippen LogP contribution in [0.2, 0.25) is 0 Å². The van der Waals surface area contributed by atoms with Crippen molar-refractivity contribution in [2.24, 2.45) is 0 Å². The van der Waals surface area contributed by atoms with E-state index in [1.54, 1.807) is 0 Å². The fourth-order valence-electron chi connectivity index (χ4n) is 2.65. The van der Waals surface area contributed by atoms with Crippen molar-refractivity contribution < 1.29 is 5.11 Å². The summed E-state index contributed by atoms with van der Waals surface area (Å²) in [7, 11) is 0. The van der Waals surface area contributed by atoms with Gasteiger partial charge in [-0.25, -0.2) is 0 Å². The van der Waals surface area contributed by atoms with Gasteiger partial charge in [0.2, 0.25) is 0 Å². The number of benzene rings is 1. The molecule has 1 aromatic rings. The van der Waals surface area contributed by atoms with Gasteiger partial charge < -0.3 is 10.0 Å². The van der Waals surface area contributed by atoms with Crippen LogP contribution in [0.4, 0.5) is 0 Å². The van der Waals surface area contributed by atoms with Crippen LogP contribution < -0.4 is 0 Å². The second-order valence-corrected chi connectivity index (χ2v) is 5.53. The number of aliphatic hydroxyl groups excluding tert-OH is 1. The highest BCUT2D eigenvalue weighted by Gasteiger charge is 2.14. The minimum Gasteiger partial charge on any atom is -0.396 e. The second-order valence-electron chi connectivity index (χ2n) is 5.53. The molecule has 3 heteroatoms. The van der Waals surface area contributed by atoms with Crippen LogP contribution in [-0.2, 0) is 6.54 Å². The van der Waals surface area contributed by atoms with Crippen LogP contribution in [0.3, 0.4) is 0 Å². The Morgan fingerprint density at radius 3 is 2.42 bits per heavy atom. The van der Waals surface area contributed by atoms with Crippen molar-refractivity contribution in [1.29, 1.82) is 0 Å². The molecule has 0 amide bonds. The van der Waals surface area contributed by atoms with Crippen molar-refractivity contribution in [3.63, 3.8) is 0 Å². The molecule has 0 atom stereocenters. The Morgan fingerprint density at radius 1 is 1.00 bits per heavy atom. The molecule has 1 aromatic carbocycles. The SMILES string of the molecule is Cc1ccc(CN2CCCN(CCCO)CC2)cc1. The van der Waals surface area contributed by atoms with Crippen LogP contribution in [0.25, 0.3) is 0 Å². The van der Waals surface area contributed by atoms with Crippen molar-refractivity contribution in [2.75, 3.05) is 39.3 Å². The van der Waals surface area contributed by atoms with Crippen molar-refractivity contribution in [3.8, 4) is 0 Å². The van der Waals surface area contributed by atoms with E-state index in [1.165, 1.54) is 30.6 Å². The predicted octanol–water partition coefficient (Wildman–Crippen LogP) is 1.89. The molecule has 1 aliphatic heterocycles. The normalized spacial score (nSPS) is 18.4. The first-order valence-electron chi connectivity index (χ1n) is 7.39. The minimum atomic E-state index is 0.309. The molecule has 106 valence electrons. The maximum Gasteiger partial charge on any atom is 0.0443 e. The predicted molar refractivity (Wildman–Crippen MR) is 79.2 cm³/mol.